The maximum atomic E-state index is 17.4. The van der Waals surface area contributed by atoms with E-state index < -0.39 is 35.7 Å². The van der Waals surface area contributed by atoms with Crippen LogP contribution in [0.3, 0.4) is 0 Å². The maximum absolute atomic E-state index is 17.4. The van der Waals surface area contributed by atoms with Gasteiger partial charge in [-0.3, -0.25) is 9.47 Å². The van der Waals surface area contributed by atoms with Crippen LogP contribution in [0, 0.1) is 23.0 Å². The second-order valence-electron chi connectivity index (χ2n) is 13.5. The minimum Gasteiger partial charge on any atom is -0.463 e. The largest absolute Gasteiger partial charge is 0.463 e. The molecule has 3 aromatic heterocycles. The molecule has 1 amide bonds. The van der Waals surface area contributed by atoms with E-state index in [0.717, 1.165) is 30.4 Å². The summed E-state index contributed by atoms with van der Waals surface area (Å²) in [7, 11) is 0. The number of nitrogen functional groups attached to an aromatic ring is 1. The molecule has 2 aromatic carbocycles. The van der Waals surface area contributed by atoms with Crippen molar-refractivity contribution < 1.29 is 32.5 Å². The molecule has 4 atom stereocenters. The quantitative estimate of drug-likeness (QED) is 0.247. The Balaban J connectivity index is 1.25. The van der Waals surface area contributed by atoms with Gasteiger partial charge in [-0.05, 0) is 31.0 Å². The molecular weight excluding hydrogens is 723 g/mol. The number of nitriles is 1. The van der Waals surface area contributed by atoms with Crippen LogP contribution in [-0.2, 0) is 0 Å². The lowest BCUT2D eigenvalue weighted by Crippen LogP contribution is -2.43. The smallest absolute Gasteiger partial charge is 0.330 e. The highest BCUT2D eigenvalue weighted by Gasteiger charge is 2.50. The fraction of sp³-hybridized carbons (Fsp3) is 0.382. The molecule has 13 nitrogen and oxygen atoms in total. The first-order valence-electron chi connectivity index (χ1n) is 16.6. The van der Waals surface area contributed by atoms with Crippen LogP contribution < -0.4 is 20.1 Å². The average Bonchev–Trinajstić information content (AvgIpc) is 3.95. The third kappa shape index (κ3) is 4.95. The maximum Gasteiger partial charge on any atom is 0.330 e. The predicted molar refractivity (Wildman–Crippen MR) is 185 cm³/mol. The third-order valence-electron chi connectivity index (χ3n) is 10.6. The van der Waals surface area contributed by atoms with Gasteiger partial charge in [-0.2, -0.15) is 15.2 Å². The lowest BCUT2D eigenvalue weighted by atomic mass is 9.95. The number of halogens is 4. The molecule has 5 aromatic rings. The summed E-state index contributed by atoms with van der Waals surface area (Å²) in [5.41, 5.74) is 4.97. The number of rotatable bonds is 4. The fourth-order valence-electron chi connectivity index (χ4n) is 8.25. The highest BCUT2D eigenvalue weighted by molar-refractivity contribution is 7.23. The molecule has 3 saturated heterocycles. The molecule has 268 valence electrons. The number of thiophene rings is 1. The Morgan fingerprint density at radius 1 is 1.27 bits per heavy atom. The number of imidazole rings is 1. The number of benzene rings is 2. The third-order valence-corrected chi connectivity index (χ3v) is 12.0. The van der Waals surface area contributed by atoms with Crippen molar-refractivity contribution in [3.63, 3.8) is 0 Å². The summed E-state index contributed by atoms with van der Waals surface area (Å²) < 4.78 is 60.7. The number of alkyl halides is 1. The van der Waals surface area contributed by atoms with Gasteiger partial charge in [0.2, 0.25) is 0 Å². The van der Waals surface area contributed by atoms with E-state index in [9.17, 15) is 19.6 Å². The number of aliphatic hydroxyl groups excluding tert-OH is 1. The van der Waals surface area contributed by atoms with E-state index >= 15 is 8.78 Å². The Labute approximate surface area is 302 Å². The van der Waals surface area contributed by atoms with Gasteiger partial charge in [-0.25, -0.2) is 22.9 Å². The van der Waals surface area contributed by atoms with E-state index in [2.05, 4.69) is 14.9 Å². The number of carbonyl (C=O) groups excluding carboxylic acids is 1. The van der Waals surface area contributed by atoms with Gasteiger partial charge in [0, 0.05) is 49.3 Å². The molecule has 3 fully saturated rings. The van der Waals surface area contributed by atoms with Crippen molar-refractivity contribution in [1.29, 1.82) is 5.26 Å². The summed E-state index contributed by atoms with van der Waals surface area (Å²) >= 11 is 7.86. The summed E-state index contributed by atoms with van der Waals surface area (Å²) in [6.07, 6.45) is 3.74. The van der Waals surface area contributed by atoms with E-state index in [1.165, 1.54) is 34.3 Å². The Hall–Kier alpha value is -4.89. The predicted octanol–water partition coefficient (Wildman–Crippen LogP) is 5.27. The van der Waals surface area contributed by atoms with E-state index in [1.54, 1.807) is 4.90 Å². The molecule has 7 heterocycles. The zero-order valence-corrected chi connectivity index (χ0v) is 28.8. The molecule has 1 unspecified atom stereocenters. The Kier molecular flexibility index (Phi) is 7.67. The number of fused-ring (bicyclic) bond motifs is 4. The van der Waals surface area contributed by atoms with Crippen LogP contribution in [0.1, 0.15) is 31.2 Å². The molecule has 0 spiro atoms. The van der Waals surface area contributed by atoms with Crippen LogP contribution in [0.25, 0.3) is 32.1 Å². The SMILES string of the molecule is N#Cc1c(N)sc2c(F)ccc(-c3c(Cl)c4c5c(nc(OC[C@@]67CCCN6C[C@H](F)C7)nc5c3F)N3CN(C(=O)n5ccnc5)C[C@@H]3CC(O)O4)c12. The first kappa shape index (κ1) is 33.0. The van der Waals surface area contributed by atoms with Gasteiger partial charge in [-0.1, -0.05) is 17.7 Å². The monoisotopic (exact) mass is 751 g/mol. The zero-order chi connectivity index (χ0) is 36.1. The number of hydrogen-bond acceptors (Lipinski definition) is 12. The van der Waals surface area contributed by atoms with Gasteiger partial charge in [0.05, 0.1) is 38.9 Å². The number of nitrogens with zero attached hydrogens (tertiary/aromatic N) is 8. The number of carbonyl (C=O) groups is 1. The van der Waals surface area contributed by atoms with Crippen molar-refractivity contribution in [2.24, 2.45) is 0 Å². The first-order valence-corrected chi connectivity index (χ1v) is 17.8. The molecule has 9 rings (SSSR count). The van der Waals surface area contributed by atoms with E-state index in [0.29, 0.717) is 13.0 Å². The highest BCUT2D eigenvalue weighted by Crippen LogP contribution is 2.51. The number of anilines is 2. The highest BCUT2D eigenvalue weighted by atomic mass is 35.5. The summed E-state index contributed by atoms with van der Waals surface area (Å²) in [6, 6.07) is 3.28. The molecule has 4 aliphatic rings. The Bertz CT molecular complexity index is 2340. The average molecular weight is 752 g/mol. The van der Waals surface area contributed by atoms with E-state index in [1.807, 2.05) is 6.07 Å². The lowest BCUT2D eigenvalue weighted by Gasteiger charge is -2.32. The topological polar surface area (TPSA) is 159 Å². The molecule has 52 heavy (non-hydrogen) atoms. The molecule has 0 radical (unpaired) electrons. The van der Waals surface area contributed by atoms with Gasteiger partial charge in [0.15, 0.2) is 17.9 Å². The van der Waals surface area contributed by atoms with E-state index in [4.69, 9.17) is 31.8 Å². The fourth-order valence-corrected chi connectivity index (χ4v) is 9.53. The van der Waals surface area contributed by atoms with Gasteiger partial charge in [-0.15, -0.1) is 11.3 Å². The number of ether oxygens (including phenoxy) is 2. The van der Waals surface area contributed by atoms with Crippen LogP contribution in [0.5, 0.6) is 11.8 Å². The number of aliphatic hydroxyl groups is 1. The van der Waals surface area contributed by atoms with Crippen molar-refractivity contribution in [1.82, 2.24) is 29.3 Å². The van der Waals surface area contributed by atoms with Gasteiger partial charge < -0.3 is 30.1 Å². The van der Waals surface area contributed by atoms with Gasteiger partial charge in [0.25, 0.3) is 0 Å². The number of nitrogens with two attached hydrogens (primary N) is 1. The van der Waals surface area contributed by atoms with Crippen molar-refractivity contribution in [3.05, 3.63) is 53.1 Å². The summed E-state index contributed by atoms with van der Waals surface area (Å²) in [5.74, 6) is -1.63. The van der Waals surface area contributed by atoms with Gasteiger partial charge >= 0.3 is 12.0 Å². The summed E-state index contributed by atoms with van der Waals surface area (Å²) in [4.78, 5) is 32.0. The lowest BCUT2D eigenvalue weighted by molar-refractivity contribution is -0.0265. The van der Waals surface area contributed by atoms with Gasteiger partial charge in [0.1, 0.15) is 47.3 Å². The van der Waals surface area contributed by atoms with Crippen LogP contribution in [0.15, 0.2) is 30.9 Å². The zero-order valence-electron chi connectivity index (χ0n) is 27.2. The summed E-state index contributed by atoms with van der Waals surface area (Å²) in [5, 5.41) is 21.0. The normalized spacial score (nSPS) is 24.1. The number of aromatic nitrogens is 4. The molecular formula is C34H29ClF3N9O4S. The second kappa shape index (κ2) is 12.1. The van der Waals surface area contributed by atoms with E-state index in [-0.39, 0.29) is 104 Å². The van der Waals surface area contributed by atoms with Crippen molar-refractivity contribution in [2.45, 2.75) is 49.7 Å². The molecule has 0 bridgehead atoms. The molecule has 3 N–H and O–H groups in total. The summed E-state index contributed by atoms with van der Waals surface area (Å²) in [6.45, 7) is 1.22. The van der Waals surface area contributed by atoms with Crippen LogP contribution in [0.4, 0.5) is 28.8 Å². The minimum atomic E-state index is -1.47. The van der Waals surface area contributed by atoms with Crippen molar-refractivity contribution >= 4 is 60.8 Å². The van der Waals surface area contributed by atoms with Crippen molar-refractivity contribution in [3.8, 4) is 29.0 Å². The van der Waals surface area contributed by atoms with Crippen LogP contribution >= 0.6 is 22.9 Å². The standard InChI is InChI=1S/C34H29ClF3N9O4S/c35-25-23(18-2-3-20(37)29-22(18)19(10-39)30(40)52-29)26(38)27-24-28(25)51-21(48)8-17-12-45(33(49)44-7-5-41-14-44)15-47(17)31(24)43-32(42-27)50-13-34-4-1-6-46(34)11-16(36)9-34/h2-3,5,7,14,16-17,21,48H,1,4,6,8-9,11-13,15,40H2/t16-,17+,21?,34+/m1/s1. The number of amides is 1. The number of hydrogen-bond donors (Lipinski definition) is 2. The molecule has 0 aliphatic carbocycles. The van der Waals surface area contributed by atoms with Crippen LogP contribution in [-0.4, -0.2) is 97.4 Å². The first-order chi connectivity index (χ1) is 25.1. The Morgan fingerprint density at radius 2 is 2.12 bits per heavy atom. The van der Waals surface area contributed by atoms with Crippen molar-refractivity contribution in [2.75, 3.05) is 43.5 Å². The Morgan fingerprint density at radius 3 is 2.90 bits per heavy atom. The second-order valence-corrected chi connectivity index (χ2v) is 15.0. The molecule has 0 saturated carbocycles. The minimum absolute atomic E-state index is 0.00568. The molecule has 18 heteroatoms. The molecule has 4 aliphatic heterocycles. The van der Waals surface area contributed by atoms with Crippen LogP contribution in [0.2, 0.25) is 5.02 Å².